The van der Waals surface area contributed by atoms with Crippen LogP contribution in [0.3, 0.4) is 0 Å². The van der Waals surface area contributed by atoms with Crippen LogP contribution in [0.5, 0.6) is 0 Å². The molecule has 29 heavy (non-hydrogen) atoms. The molecule has 0 aliphatic carbocycles. The van der Waals surface area contributed by atoms with Crippen molar-refractivity contribution in [2.75, 3.05) is 0 Å². The molecule has 0 saturated heterocycles. The van der Waals surface area contributed by atoms with E-state index in [4.69, 9.17) is 0 Å². The number of hydrogen-bond donors (Lipinski definition) is 0. The van der Waals surface area contributed by atoms with Crippen molar-refractivity contribution < 1.29 is 0 Å². The highest BCUT2D eigenvalue weighted by atomic mass is 14.1. The molecule has 0 nitrogen and oxygen atoms in total. The topological polar surface area (TPSA) is 0 Å². The lowest BCUT2D eigenvalue weighted by Gasteiger charge is -2.08. The smallest absolute Gasteiger partial charge is 0.0154 e. The number of hydrogen-bond acceptors (Lipinski definition) is 0. The van der Waals surface area contributed by atoms with Crippen molar-refractivity contribution in [3.63, 3.8) is 0 Å². The van der Waals surface area contributed by atoms with Gasteiger partial charge >= 0.3 is 0 Å². The van der Waals surface area contributed by atoms with E-state index in [-0.39, 0.29) is 0 Å². The normalized spacial score (nSPS) is 11.3. The molecule has 0 heteroatoms. The minimum atomic E-state index is 1.21. The van der Waals surface area contributed by atoms with E-state index in [1.54, 1.807) is 0 Å². The van der Waals surface area contributed by atoms with Crippen LogP contribution in [0.4, 0.5) is 0 Å². The first-order valence-electron chi connectivity index (χ1n) is 9.95. The Morgan fingerprint density at radius 1 is 0.448 bits per heavy atom. The molecule has 0 aromatic heterocycles. The summed E-state index contributed by atoms with van der Waals surface area (Å²) >= 11 is 0. The Labute approximate surface area is 173 Å². The Hall–Kier alpha value is -3.64. The van der Waals surface area contributed by atoms with E-state index >= 15 is 0 Å². The second-order valence-electron chi connectivity index (χ2n) is 7.18. The third kappa shape index (κ3) is 5.00. The molecule has 0 aliphatic heterocycles. The van der Waals surface area contributed by atoms with Gasteiger partial charge in [0.05, 0.1) is 0 Å². The van der Waals surface area contributed by atoms with E-state index in [0.717, 1.165) is 0 Å². The number of aryl methyl sites for hydroxylation is 1. The molecule has 4 aromatic carbocycles. The highest BCUT2D eigenvalue weighted by Crippen LogP contribution is 2.26. The predicted octanol–water partition coefficient (Wildman–Crippen LogP) is 8.00. The zero-order valence-electron chi connectivity index (χ0n) is 16.6. The van der Waals surface area contributed by atoms with Crippen molar-refractivity contribution in [2.24, 2.45) is 0 Å². The fourth-order valence-corrected chi connectivity index (χ4v) is 3.40. The maximum atomic E-state index is 2.25. The molecule has 0 bridgehead atoms. The summed E-state index contributed by atoms with van der Waals surface area (Å²) in [5.41, 5.74) is 8.67. The van der Waals surface area contributed by atoms with Gasteiger partial charge in [0.1, 0.15) is 0 Å². The third-order valence-corrected chi connectivity index (χ3v) is 5.01. The molecule has 0 fully saturated rings. The number of rotatable bonds is 5. The summed E-state index contributed by atoms with van der Waals surface area (Å²) in [7, 11) is 0. The minimum absolute atomic E-state index is 1.21. The number of benzene rings is 4. The Bertz CT molecular complexity index is 1120. The molecular weight excluding hydrogens is 348 g/mol. The van der Waals surface area contributed by atoms with Gasteiger partial charge in [-0.3, -0.25) is 0 Å². The van der Waals surface area contributed by atoms with Crippen LogP contribution in [0, 0.1) is 6.92 Å². The second kappa shape index (κ2) is 9.03. The van der Waals surface area contributed by atoms with Crippen LogP contribution < -0.4 is 0 Å². The van der Waals surface area contributed by atoms with E-state index in [1.165, 1.54) is 38.9 Å². The van der Waals surface area contributed by atoms with Crippen LogP contribution in [-0.2, 0) is 0 Å². The lowest BCUT2D eigenvalue weighted by Crippen LogP contribution is -1.85. The van der Waals surface area contributed by atoms with E-state index < -0.39 is 0 Å². The fourth-order valence-electron chi connectivity index (χ4n) is 3.40. The zero-order chi connectivity index (χ0) is 19.9. The highest BCUT2D eigenvalue weighted by Gasteiger charge is 2.02. The van der Waals surface area contributed by atoms with Gasteiger partial charge in [-0.15, -0.1) is 0 Å². The Morgan fingerprint density at radius 2 is 0.897 bits per heavy atom. The maximum absolute atomic E-state index is 2.25. The first-order chi connectivity index (χ1) is 14.3. The minimum Gasteiger partial charge on any atom is -0.0622 e. The average molecular weight is 373 g/mol. The van der Waals surface area contributed by atoms with E-state index in [2.05, 4.69) is 122 Å². The van der Waals surface area contributed by atoms with Crippen LogP contribution in [0.15, 0.2) is 103 Å². The van der Waals surface area contributed by atoms with Gasteiger partial charge in [-0.2, -0.15) is 0 Å². The summed E-state index contributed by atoms with van der Waals surface area (Å²) in [6.45, 7) is 2.18. The van der Waals surface area contributed by atoms with Crippen LogP contribution in [-0.4, -0.2) is 0 Å². The SMILES string of the molecule is Cc1cc(/C=C/c2ccccc2)ccc1-c1ccc(/C=C/c2ccccc2)cc1. The van der Waals surface area contributed by atoms with Crippen LogP contribution in [0.1, 0.15) is 27.8 Å². The van der Waals surface area contributed by atoms with Gasteiger partial charge < -0.3 is 0 Å². The Morgan fingerprint density at radius 3 is 1.41 bits per heavy atom. The van der Waals surface area contributed by atoms with E-state index in [0.29, 0.717) is 0 Å². The maximum Gasteiger partial charge on any atom is -0.0154 e. The van der Waals surface area contributed by atoms with E-state index in [1.807, 2.05) is 12.1 Å². The molecule has 0 heterocycles. The summed E-state index contributed by atoms with van der Waals surface area (Å²) in [5, 5.41) is 0. The van der Waals surface area contributed by atoms with Crippen LogP contribution >= 0.6 is 0 Å². The first kappa shape index (κ1) is 18.7. The predicted molar refractivity (Wildman–Crippen MR) is 127 cm³/mol. The van der Waals surface area contributed by atoms with Crippen molar-refractivity contribution in [2.45, 2.75) is 6.92 Å². The summed E-state index contributed by atoms with van der Waals surface area (Å²) < 4.78 is 0. The molecule has 0 unspecified atom stereocenters. The molecule has 4 rings (SSSR count). The fraction of sp³-hybridized carbons (Fsp3) is 0.0345. The molecule has 0 spiro atoms. The van der Waals surface area contributed by atoms with Crippen molar-refractivity contribution in [1.82, 2.24) is 0 Å². The van der Waals surface area contributed by atoms with Crippen molar-refractivity contribution in [1.29, 1.82) is 0 Å². The van der Waals surface area contributed by atoms with E-state index in [9.17, 15) is 0 Å². The monoisotopic (exact) mass is 372 g/mol. The van der Waals surface area contributed by atoms with Crippen molar-refractivity contribution in [3.8, 4) is 11.1 Å². The lowest BCUT2D eigenvalue weighted by molar-refractivity contribution is 1.44. The van der Waals surface area contributed by atoms with Crippen LogP contribution in [0.2, 0.25) is 0 Å². The van der Waals surface area contributed by atoms with Gasteiger partial charge in [0.25, 0.3) is 0 Å². The summed E-state index contributed by atoms with van der Waals surface area (Å²) in [6, 6.07) is 36.2. The highest BCUT2D eigenvalue weighted by molar-refractivity contribution is 5.75. The van der Waals surface area contributed by atoms with Gasteiger partial charge in [-0.05, 0) is 45.9 Å². The third-order valence-electron chi connectivity index (χ3n) is 5.01. The van der Waals surface area contributed by atoms with Crippen molar-refractivity contribution >= 4 is 24.3 Å². The Kier molecular flexibility index (Phi) is 5.83. The van der Waals surface area contributed by atoms with Gasteiger partial charge in [0, 0.05) is 0 Å². The molecule has 0 atom stereocenters. The molecule has 0 aliphatic rings. The zero-order valence-corrected chi connectivity index (χ0v) is 16.6. The molecular formula is C29H24. The largest absolute Gasteiger partial charge is 0.0622 e. The standard InChI is InChI=1S/C29H24/c1-23-22-27(15-14-25-10-6-3-7-11-25)18-21-29(23)28-19-16-26(17-20-28)13-12-24-8-4-2-5-9-24/h2-22H,1H3/b13-12+,15-14+. The Balaban J connectivity index is 1.49. The quantitative estimate of drug-likeness (QED) is 0.311. The van der Waals surface area contributed by atoms with Gasteiger partial charge in [0.2, 0.25) is 0 Å². The first-order valence-corrected chi connectivity index (χ1v) is 9.95. The van der Waals surface area contributed by atoms with Crippen LogP contribution in [0.25, 0.3) is 35.4 Å². The summed E-state index contributed by atoms with van der Waals surface area (Å²) in [6.07, 6.45) is 8.63. The molecule has 0 amide bonds. The summed E-state index contributed by atoms with van der Waals surface area (Å²) in [4.78, 5) is 0. The lowest BCUT2D eigenvalue weighted by atomic mass is 9.97. The molecule has 140 valence electrons. The second-order valence-corrected chi connectivity index (χ2v) is 7.18. The molecule has 0 N–H and O–H groups in total. The van der Waals surface area contributed by atoms with Gasteiger partial charge in [-0.1, -0.05) is 127 Å². The van der Waals surface area contributed by atoms with Gasteiger partial charge in [-0.25, -0.2) is 0 Å². The summed E-state index contributed by atoms with van der Waals surface area (Å²) in [5.74, 6) is 0. The average Bonchev–Trinajstić information content (AvgIpc) is 2.78. The molecule has 0 saturated carbocycles. The van der Waals surface area contributed by atoms with Gasteiger partial charge in [0.15, 0.2) is 0 Å². The molecule has 4 aromatic rings. The molecule has 0 radical (unpaired) electrons. The van der Waals surface area contributed by atoms with Crippen molar-refractivity contribution in [3.05, 3.63) is 131 Å².